The number of fused-ring (bicyclic) bond motifs is 1. The van der Waals surface area contributed by atoms with Crippen molar-refractivity contribution < 1.29 is 0 Å². The van der Waals surface area contributed by atoms with Crippen LogP contribution in [-0.4, -0.2) is 4.57 Å². The monoisotopic (exact) mass is 325 g/mol. The Labute approximate surface area is 118 Å². The molecule has 4 heteroatoms. The van der Waals surface area contributed by atoms with Gasteiger partial charge in [-0.15, -0.1) is 11.3 Å². The maximum Gasteiger partial charge on any atom is 0.166 e. The van der Waals surface area contributed by atoms with Crippen molar-refractivity contribution in [2.24, 2.45) is 0 Å². The van der Waals surface area contributed by atoms with Crippen LogP contribution >= 0.6 is 39.5 Å². The first-order valence-corrected chi connectivity index (χ1v) is 7.77. The Hall–Kier alpha value is -0.450. The van der Waals surface area contributed by atoms with Crippen LogP contribution in [0.3, 0.4) is 0 Å². The SMILES string of the molecule is S=c1sc2c(n1-c1cccc(Br)c1)CCCC2. The lowest BCUT2D eigenvalue weighted by Gasteiger charge is -2.14. The number of thiazole rings is 1. The van der Waals surface area contributed by atoms with E-state index in [1.807, 2.05) is 6.07 Å². The quantitative estimate of drug-likeness (QED) is 0.674. The van der Waals surface area contributed by atoms with Crippen LogP contribution in [-0.2, 0) is 12.8 Å². The molecule has 0 fully saturated rings. The van der Waals surface area contributed by atoms with E-state index in [-0.39, 0.29) is 0 Å². The van der Waals surface area contributed by atoms with Gasteiger partial charge in [-0.2, -0.15) is 0 Å². The van der Waals surface area contributed by atoms with Gasteiger partial charge in [0.05, 0.1) is 0 Å². The molecule has 1 aromatic heterocycles. The minimum atomic E-state index is 0.981. The normalized spacial score (nSPS) is 14.6. The second-order valence-electron chi connectivity index (χ2n) is 4.26. The van der Waals surface area contributed by atoms with E-state index in [1.54, 1.807) is 11.3 Å². The topological polar surface area (TPSA) is 4.93 Å². The first kappa shape index (κ1) is 11.6. The molecule has 0 N–H and O–H groups in total. The fourth-order valence-electron chi connectivity index (χ4n) is 2.35. The zero-order valence-electron chi connectivity index (χ0n) is 9.28. The summed E-state index contributed by atoms with van der Waals surface area (Å²) in [6.07, 6.45) is 4.95. The van der Waals surface area contributed by atoms with E-state index in [0.29, 0.717) is 0 Å². The highest BCUT2D eigenvalue weighted by Gasteiger charge is 2.17. The standard InChI is InChI=1S/C13H12BrNS2/c14-9-4-3-5-10(8-9)15-11-6-1-2-7-12(11)17-13(15)16/h3-5,8H,1-2,6-7H2. The molecular weight excluding hydrogens is 314 g/mol. The summed E-state index contributed by atoms with van der Waals surface area (Å²) in [5.41, 5.74) is 2.62. The summed E-state index contributed by atoms with van der Waals surface area (Å²) >= 11 is 10.8. The Kier molecular flexibility index (Phi) is 3.19. The van der Waals surface area contributed by atoms with Crippen molar-refractivity contribution in [1.29, 1.82) is 0 Å². The summed E-state index contributed by atoms with van der Waals surface area (Å²) in [7, 11) is 0. The van der Waals surface area contributed by atoms with Crippen LogP contribution in [0.1, 0.15) is 23.4 Å². The Morgan fingerprint density at radius 2 is 2.06 bits per heavy atom. The summed E-state index contributed by atoms with van der Waals surface area (Å²) in [6, 6.07) is 8.37. The van der Waals surface area contributed by atoms with E-state index in [0.717, 1.165) is 14.8 Å². The maximum atomic E-state index is 5.51. The second kappa shape index (κ2) is 4.67. The van der Waals surface area contributed by atoms with E-state index in [1.165, 1.54) is 35.5 Å². The molecule has 1 aliphatic rings. The summed E-state index contributed by atoms with van der Waals surface area (Å²) in [4.78, 5) is 1.49. The van der Waals surface area contributed by atoms with Gasteiger partial charge in [0, 0.05) is 20.7 Å². The van der Waals surface area contributed by atoms with Gasteiger partial charge in [0.15, 0.2) is 3.95 Å². The smallest absolute Gasteiger partial charge is 0.166 e. The summed E-state index contributed by atoms with van der Waals surface area (Å²) in [6.45, 7) is 0. The van der Waals surface area contributed by atoms with Gasteiger partial charge in [0.2, 0.25) is 0 Å². The highest BCUT2D eigenvalue weighted by molar-refractivity contribution is 9.10. The molecule has 0 unspecified atom stereocenters. The van der Waals surface area contributed by atoms with Gasteiger partial charge in [-0.25, -0.2) is 0 Å². The van der Waals surface area contributed by atoms with E-state index in [2.05, 4.69) is 38.7 Å². The molecule has 3 rings (SSSR count). The molecule has 0 saturated heterocycles. The lowest BCUT2D eigenvalue weighted by molar-refractivity contribution is 0.666. The van der Waals surface area contributed by atoms with Crippen LogP contribution < -0.4 is 0 Å². The average Bonchev–Trinajstić information content (AvgIpc) is 2.64. The van der Waals surface area contributed by atoms with E-state index >= 15 is 0 Å². The van der Waals surface area contributed by atoms with Gasteiger partial charge in [-0.3, -0.25) is 4.57 Å². The van der Waals surface area contributed by atoms with Gasteiger partial charge in [0.1, 0.15) is 0 Å². The Balaban J connectivity index is 2.20. The van der Waals surface area contributed by atoms with Gasteiger partial charge in [0.25, 0.3) is 0 Å². The molecule has 0 bridgehead atoms. The summed E-state index contributed by atoms with van der Waals surface area (Å²) in [5, 5.41) is 0. The number of nitrogens with zero attached hydrogens (tertiary/aromatic N) is 1. The van der Waals surface area contributed by atoms with Crippen molar-refractivity contribution in [2.75, 3.05) is 0 Å². The highest BCUT2D eigenvalue weighted by Crippen LogP contribution is 2.30. The lowest BCUT2D eigenvalue weighted by atomic mass is 10.0. The Morgan fingerprint density at radius 1 is 1.24 bits per heavy atom. The van der Waals surface area contributed by atoms with Gasteiger partial charge in [-0.05, 0) is 56.1 Å². The van der Waals surface area contributed by atoms with E-state index < -0.39 is 0 Å². The number of aromatic nitrogens is 1. The number of hydrogen-bond acceptors (Lipinski definition) is 2. The maximum absolute atomic E-state index is 5.51. The molecule has 0 aliphatic heterocycles. The van der Waals surface area contributed by atoms with Crippen LogP contribution in [0.4, 0.5) is 0 Å². The van der Waals surface area contributed by atoms with Crippen LogP contribution in [0.5, 0.6) is 0 Å². The van der Waals surface area contributed by atoms with Crippen LogP contribution in [0.15, 0.2) is 28.7 Å². The predicted molar refractivity (Wildman–Crippen MR) is 78.8 cm³/mol. The summed E-state index contributed by atoms with van der Waals surface area (Å²) in [5.74, 6) is 0. The molecule has 0 amide bonds. The zero-order chi connectivity index (χ0) is 11.8. The number of benzene rings is 1. The first-order chi connectivity index (χ1) is 8.25. The molecule has 1 heterocycles. The number of rotatable bonds is 1. The lowest BCUT2D eigenvalue weighted by Crippen LogP contribution is -2.06. The van der Waals surface area contributed by atoms with Crippen molar-refractivity contribution in [1.82, 2.24) is 4.57 Å². The van der Waals surface area contributed by atoms with Crippen molar-refractivity contribution in [3.63, 3.8) is 0 Å². The van der Waals surface area contributed by atoms with Crippen molar-refractivity contribution in [3.8, 4) is 5.69 Å². The molecular formula is C13H12BrNS2. The molecule has 2 aromatic rings. The minimum absolute atomic E-state index is 0.981. The van der Waals surface area contributed by atoms with Crippen LogP contribution in [0.2, 0.25) is 0 Å². The third kappa shape index (κ3) is 2.14. The molecule has 1 aromatic carbocycles. The van der Waals surface area contributed by atoms with Crippen LogP contribution in [0, 0.1) is 3.95 Å². The fraction of sp³-hybridized carbons (Fsp3) is 0.308. The van der Waals surface area contributed by atoms with Crippen LogP contribution in [0.25, 0.3) is 5.69 Å². The van der Waals surface area contributed by atoms with Gasteiger partial charge in [-0.1, -0.05) is 22.0 Å². The summed E-state index contributed by atoms with van der Waals surface area (Å²) < 4.78 is 4.34. The largest absolute Gasteiger partial charge is 0.296 e. The van der Waals surface area contributed by atoms with E-state index in [4.69, 9.17) is 12.2 Å². The number of halogens is 1. The Bertz CT molecular complexity index is 612. The Morgan fingerprint density at radius 3 is 2.88 bits per heavy atom. The molecule has 17 heavy (non-hydrogen) atoms. The second-order valence-corrected chi connectivity index (χ2v) is 6.90. The van der Waals surface area contributed by atoms with E-state index in [9.17, 15) is 0 Å². The third-order valence-electron chi connectivity index (χ3n) is 3.12. The van der Waals surface area contributed by atoms with Gasteiger partial charge >= 0.3 is 0 Å². The predicted octanol–water partition coefficient (Wildman–Crippen LogP) is 4.91. The number of aryl methyl sites for hydroxylation is 1. The molecule has 88 valence electrons. The number of hydrogen-bond donors (Lipinski definition) is 0. The molecule has 0 atom stereocenters. The molecule has 1 nitrogen and oxygen atoms in total. The molecule has 1 aliphatic carbocycles. The van der Waals surface area contributed by atoms with Crippen molar-refractivity contribution >= 4 is 39.5 Å². The molecule has 0 spiro atoms. The zero-order valence-corrected chi connectivity index (χ0v) is 12.5. The fourth-order valence-corrected chi connectivity index (χ4v) is 4.33. The van der Waals surface area contributed by atoms with Crippen molar-refractivity contribution in [3.05, 3.63) is 43.3 Å². The van der Waals surface area contributed by atoms with Gasteiger partial charge < -0.3 is 0 Å². The first-order valence-electron chi connectivity index (χ1n) is 5.75. The minimum Gasteiger partial charge on any atom is -0.296 e. The molecule has 0 saturated carbocycles. The third-order valence-corrected chi connectivity index (χ3v) is 5.09. The average molecular weight is 326 g/mol. The molecule has 0 radical (unpaired) electrons. The highest BCUT2D eigenvalue weighted by atomic mass is 79.9. The van der Waals surface area contributed by atoms with Crippen molar-refractivity contribution in [2.45, 2.75) is 25.7 Å².